The van der Waals surface area contributed by atoms with Crippen molar-refractivity contribution in [2.45, 2.75) is 50.7 Å². The number of hydrogen-bond acceptors (Lipinski definition) is 3. The van der Waals surface area contributed by atoms with E-state index < -0.39 is 17.8 Å². The summed E-state index contributed by atoms with van der Waals surface area (Å²) in [6.07, 6.45) is 4.30. The van der Waals surface area contributed by atoms with Gasteiger partial charge in [0, 0.05) is 19.0 Å². The molecule has 0 spiro atoms. The summed E-state index contributed by atoms with van der Waals surface area (Å²) in [5.41, 5.74) is 1.61. The van der Waals surface area contributed by atoms with Gasteiger partial charge in [-0.15, -0.1) is 0 Å². The van der Waals surface area contributed by atoms with Gasteiger partial charge in [0.05, 0.1) is 0 Å². The Morgan fingerprint density at radius 2 is 1.47 bits per heavy atom. The third-order valence-electron chi connectivity index (χ3n) is 6.41. The van der Waals surface area contributed by atoms with Gasteiger partial charge in [0.2, 0.25) is 5.91 Å². The lowest BCUT2D eigenvalue weighted by molar-refractivity contribution is -0.143. The SMILES string of the molecule is O=C(NC1CCCC1)[C@H](Cc1ccccc1)N(Cc1ccc(F)cc1)C(=O)COc1ccc(F)cc1. The third kappa shape index (κ3) is 7.13. The molecular formula is C29H30F2N2O3. The summed E-state index contributed by atoms with van der Waals surface area (Å²) in [6, 6.07) is 20.1. The second-order valence-corrected chi connectivity index (χ2v) is 9.09. The zero-order valence-corrected chi connectivity index (χ0v) is 20.0. The van der Waals surface area contributed by atoms with Crippen molar-refractivity contribution in [3.8, 4) is 5.75 Å². The monoisotopic (exact) mass is 492 g/mol. The van der Waals surface area contributed by atoms with E-state index in [0.717, 1.165) is 31.2 Å². The minimum Gasteiger partial charge on any atom is -0.484 e. The number of hydrogen-bond donors (Lipinski definition) is 1. The van der Waals surface area contributed by atoms with Gasteiger partial charge in [-0.3, -0.25) is 9.59 Å². The summed E-state index contributed by atoms with van der Waals surface area (Å²) in [5, 5.41) is 3.13. The highest BCUT2D eigenvalue weighted by molar-refractivity contribution is 5.88. The molecule has 3 aromatic carbocycles. The first-order valence-corrected chi connectivity index (χ1v) is 12.2. The predicted octanol–water partition coefficient (Wildman–Crippen LogP) is 5.04. The molecule has 0 radical (unpaired) electrons. The van der Waals surface area contributed by atoms with Crippen molar-refractivity contribution < 1.29 is 23.1 Å². The molecule has 3 aromatic rings. The molecule has 4 rings (SSSR count). The van der Waals surface area contributed by atoms with Gasteiger partial charge in [-0.05, 0) is 60.4 Å². The number of halogens is 2. The normalized spacial score (nSPS) is 14.3. The molecule has 188 valence electrons. The van der Waals surface area contributed by atoms with Gasteiger partial charge in [-0.2, -0.15) is 0 Å². The number of carbonyl (C=O) groups is 2. The molecular weight excluding hydrogens is 462 g/mol. The van der Waals surface area contributed by atoms with E-state index in [1.54, 1.807) is 12.1 Å². The van der Waals surface area contributed by atoms with E-state index in [9.17, 15) is 18.4 Å². The van der Waals surface area contributed by atoms with Gasteiger partial charge in [-0.25, -0.2) is 8.78 Å². The highest BCUT2D eigenvalue weighted by Crippen LogP contribution is 2.20. The summed E-state index contributed by atoms with van der Waals surface area (Å²) in [5.74, 6) is -1.05. The summed E-state index contributed by atoms with van der Waals surface area (Å²) < 4.78 is 32.4. The molecule has 1 aliphatic carbocycles. The number of rotatable bonds is 10. The second kappa shape index (κ2) is 12.3. The Hall–Kier alpha value is -3.74. The maximum absolute atomic E-state index is 13.6. The van der Waals surface area contributed by atoms with Crippen molar-refractivity contribution in [3.05, 3.63) is 102 Å². The van der Waals surface area contributed by atoms with Gasteiger partial charge < -0.3 is 15.0 Å². The molecule has 1 N–H and O–H groups in total. The van der Waals surface area contributed by atoms with Crippen LogP contribution in [0.15, 0.2) is 78.9 Å². The van der Waals surface area contributed by atoms with Gasteiger partial charge in [-0.1, -0.05) is 55.3 Å². The van der Waals surface area contributed by atoms with Crippen LogP contribution in [0.3, 0.4) is 0 Å². The molecule has 5 nitrogen and oxygen atoms in total. The van der Waals surface area contributed by atoms with Gasteiger partial charge >= 0.3 is 0 Å². The first kappa shape index (κ1) is 25.4. The lowest BCUT2D eigenvalue weighted by Gasteiger charge is -2.32. The number of amides is 2. The number of carbonyl (C=O) groups excluding carboxylic acids is 2. The lowest BCUT2D eigenvalue weighted by Crippen LogP contribution is -2.53. The second-order valence-electron chi connectivity index (χ2n) is 9.09. The van der Waals surface area contributed by atoms with E-state index in [1.165, 1.54) is 41.3 Å². The molecule has 0 unspecified atom stereocenters. The zero-order valence-electron chi connectivity index (χ0n) is 20.0. The van der Waals surface area contributed by atoms with Gasteiger partial charge in [0.1, 0.15) is 23.4 Å². The Bertz CT molecular complexity index is 1130. The fourth-order valence-electron chi connectivity index (χ4n) is 4.47. The maximum atomic E-state index is 13.6. The molecule has 1 atom stereocenters. The minimum atomic E-state index is -0.789. The Labute approximate surface area is 210 Å². The minimum absolute atomic E-state index is 0.0917. The molecule has 0 heterocycles. The number of ether oxygens (including phenoxy) is 1. The molecule has 0 aromatic heterocycles. The van der Waals surface area contributed by atoms with Crippen LogP contribution in [0.25, 0.3) is 0 Å². The summed E-state index contributed by atoms with van der Waals surface area (Å²) in [6.45, 7) is -0.212. The van der Waals surface area contributed by atoms with Crippen LogP contribution in [0, 0.1) is 11.6 Å². The van der Waals surface area contributed by atoms with E-state index in [-0.39, 0.29) is 30.9 Å². The average molecular weight is 493 g/mol. The maximum Gasteiger partial charge on any atom is 0.261 e. The summed E-state index contributed by atoms with van der Waals surface area (Å²) >= 11 is 0. The molecule has 2 amide bonds. The average Bonchev–Trinajstić information content (AvgIpc) is 3.40. The Balaban J connectivity index is 1.59. The van der Waals surface area contributed by atoms with Crippen LogP contribution in [0.5, 0.6) is 5.75 Å². The molecule has 0 saturated heterocycles. The van der Waals surface area contributed by atoms with Crippen molar-refractivity contribution in [1.82, 2.24) is 10.2 Å². The van der Waals surface area contributed by atoms with Gasteiger partial charge in [0.15, 0.2) is 6.61 Å². The van der Waals surface area contributed by atoms with Crippen LogP contribution in [0.4, 0.5) is 8.78 Å². The number of benzene rings is 3. The smallest absolute Gasteiger partial charge is 0.261 e. The molecule has 1 saturated carbocycles. The summed E-state index contributed by atoms with van der Waals surface area (Å²) in [4.78, 5) is 28.6. The van der Waals surface area contributed by atoms with Crippen molar-refractivity contribution in [2.75, 3.05) is 6.61 Å². The predicted molar refractivity (Wildman–Crippen MR) is 133 cm³/mol. The summed E-state index contributed by atoms with van der Waals surface area (Å²) in [7, 11) is 0. The third-order valence-corrected chi connectivity index (χ3v) is 6.41. The molecule has 0 bridgehead atoms. The van der Waals surface area contributed by atoms with E-state index in [1.807, 2.05) is 30.3 Å². The van der Waals surface area contributed by atoms with Crippen LogP contribution in [0.1, 0.15) is 36.8 Å². The number of nitrogens with zero attached hydrogens (tertiary/aromatic N) is 1. The molecule has 1 aliphatic rings. The topological polar surface area (TPSA) is 58.6 Å². The van der Waals surface area contributed by atoms with E-state index in [2.05, 4.69) is 5.32 Å². The van der Waals surface area contributed by atoms with Crippen LogP contribution < -0.4 is 10.1 Å². The molecule has 1 fully saturated rings. The Morgan fingerprint density at radius 3 is 2.11 bits per heavy atom. The lowest BCUT2D eigenvalue weighted by atomic mass is 10.0. The molecule has 7 heteroatoms. The van der Waals surface area contributed by atoms with Gasteiger partial charge in [0.25, 0.3) is 5.91 Å². The van der Waals surface area contributed by atoms with E-state index in [0.29, 0.717) is 17.7 Å². The van der Waals surface area contributed by atoms with Crippen molar-refractivity contribution >= 4 is 11.8 Å². The van der Waals surface area contributed by atoms with Crippen molar-refractivity contribution in [1.29, 1.82) is 0 Å². The van der Waals surface area contributed by atoms with Crippen molar-refractivity contribution in [3.63, 3.8) is 0 Å². The largest absolute Gasteiger partial charge is 0.484 e. The first-order chi connectivity index (χ1) is 17.5. The number of nitrogens with one attached hydrogen (secondary N) is 1. The molecule has 36 heavy (non-hydrogen) atoms. The Kier molecular flexibility index (Phi) is 8.66. The van der Waals surface area contributed by atoms with Crippen LogP contribution in [0.2, 0.25) is 0 Å². The quantitative estimate of drug-likeness (QED) is 0.431. The van der Waals surface area contributed by atoms with E-state index >= 15 is 0 Å². The highest BCUT2D eigenvalue weighted by atomic mass is 19.1. The van der Waals surface area contributed by atoms with Crippen LogP contribution in [-0.2, 0) is 22.6 Å². The fourth-order valence-corrected chi connectivity index (χ4v) is 4.47. The zero-order chi connectivity index (χ0) is 25.3. The van der Waals surface area contributed by atoms with E-state index in [4.69, 9.17) is 4.74 Å². The Morgan fingerprint density at radius 1 is 0.861 bits per heavy atom. The van der Waals surface area contributed by atoms with Crippen molar-refractivity contribution in [2.24, 2.45) is 0 Å². The first-order valence-electron chi connectivity index (χ1n) is 12.2. The standard InChI is InChI=1S/C29H30F2N2O3/c30-23-12-10-22(11-13-23)19-33(28(34)20-36-26-16-14-24(31)15-17-26)27(18-21-6-2-1-3-7-21)29(35)32-25-8-4-5-9-25/h1-3,6-7,10-17,25,27H,4-5,8-9,18-20H2,(H,32,35)/t27-/m0/s1. The van der Waals surface area contributed by atoms with Crippen LogP contribution >= 0.6 is 0 Å². The highest BCUT2D eigenvalue weighted by Gasteiger charge is 2.32. The fraction of sp³-hybridized carbons (Fsp3) is 0.310. The molecule has 0 aliphatic heterocycles. The van der Waals surface area contributed by atoms with Crippen LogP contribution in [-0.4, -0.2) is 35.4 Å².